The van der Waals surface area contributed by atoms with Crippen LogP contribution in [0.15, 0.2) is 12.2 Å². The highest BCUT2D eigenvalue weighted by Crippen LogP contribution is 2.23. The van der Waals surface area contributed by atoms with Crippen LogP contribution in [-0.4, -0.2) is 68.3 Å². The lowest BCUT2D eigenvalue weighted by atomic mass is 10.1. The molecule has 20 heavy (non-hydrogen) atoms. The van der Waals surface area contributed by atoms with Gasteiger partial charge in [-0.1, -0.05) is 19.4 Å². The first-order chi connectivity index (χ1) is 9.38. The van der Waals surface area contributed by atoms with Crippen molar-refractivity contribution >= 4 is 11.8 Å². The van der Waals surface area contributed by atoms with E-state index in [2.05, 4.69) is 6.92 Å². The van der Waals surface area contributed by atoms with Crippen LogP contribution in [0.4, 0.5) is 0 Å². The molecule has 0 radical (unpaired) electrons. The molecule has 1 fully saturated rings. The van der Waals surface area contributed by atoms with Crippen molar-refractivity contribution in [3.63, 3.8) is 0 Å². The fourth-order valence-corrected chi connectivity index (χ4v) is 1.81. The first-order valence-electron chi connectivity index (χ1n) is 6.78. The van der Waals surface area contributed by atoms with Crippen LogP contribution in [0, 0.1) is 0 Å². The second kappa shape index (κ2) is 7.40. The number of rotatable bonds is 5. The van der Waals surface area contributed by atoms with Crippen molar-refractivity contribution in [2.75, 3.05) is 28.2 Å². The number of ether oxygens (including phenoxy) is 2. The van der Waals surface area contributed by atoms with Gasteiger partial charge in [0.2, 0.25) is 0 Å². The minimum Gasteiger partial charge on any atom is -0.346 e. The second-order valence-corrected chi connectivity index (χ2v) is 5.16. The van der Waals surface area contributed by atoms with E-state index in [9.17, 15) is 9.59 Å². The summed E-state index contributed by atoms with van der Waals surface area (Å²) in [5, 5.41) is 0. The first kappa shape index (κ1) is 16.7. The van der Waals surface area contributed by atoms with Gasteiger partial charge in [0.15, 0.2) is 18.5 Å². The molecule has 2 amide bonds. The Hall–Kier alpha value is -1.40. The number of likely N-dealkylation sites (N-methyl/N-ethyl adjacent to an activating group) is 2. The molecule has 6 nitrogen and oxygen atoms in total. The summed E-state index contributed by atoms with van der Waals surface area (Å²) in [6.45, 7) is 2.07. The molecule has 114 valence electrons. The van der Waals surface area contributed by atoms with Gasteiger partial charge in [-0.2, -0.15) is 0 Å². The maximum Gasteiger partial charge on any atom is 0.254 e. The number of nitrogens with zero attached hydrogens (tertiary/aromatic N) is 2. The zero-order valence-corrected chi connectivity index (χ0v) is 12.8. The predicted molar refractivity (Wildman–Crippen MR) is 75.0 cm³/mol. The lowest BCUT2D eigenvalue weighted by Crippen LogP contribution is -2.47. The molecule has 0 bridgehead atoms. The van der Waals surface area contributed by atoms with Gasteiger partial charge in [-0.3, -0.25) is 9.59 Å². The summed E-state index contributed by atoms with van der Waals surface area (Å²) in [6, 6.07) is 0. The maximum atomic E-state index is 12.1. The SMILES string of the molecule is CCC/C=C/C1O[C@@H](C(=O)N(C)C)[C@H](C(=O)N(C)C)O1. The van der Waals surface area contributed by atoms with Gasteiger partial charge in [-0.15, -0.1) is 0 Å². The Bertz CT molecular complexity index is 351. The monoisotopic (exact) mass is 284 g/mol. The van der Waals surface area contributed by atoms with E-state index in [0.717, 1.165) is 12.8 Å². The molecule has 0 saturated carbocycles. The number of carbonyl (C=O) groups is 2. The van der Waals surface area contributed by atoms with Crippen molar-refractivity contribution in [2.24, 2.45) is 0 Å². The van der Waals surface area contributed by atoms with Crippen LogP contribution in [0.2, 0.25) is 0 Å². The number of hydrogen-bond acceptors (Lipinski definition) is 4. The summed E-state index contributed by atoms with van der Waals surface area (Å²) in [4.78, 5) is 27.0. The van der Waals surface area contributed by atoms with Gasteiger partial charge in [0.25, 0.3) is 11.8 Å². The molecule has 1 rings (SSSR count). The topological polar surface area (TPSA) is 59.1 Å². The quantitative estimate of drug-likeness (QED) is 0.695. The molecule has 1 aliphatic rings. The van der Waals surface area contributed by atoms with E-state index in [1.165, 1.54) is 9.80 Å². The Morgan fingerprint density at radius 1 is 1.00 bits per heavy atom. The first-order valence-corrected chi connectivity index (χ1v) is 6.78. The van der Waals surface area contributed by atoms with Crippen LogP contribution < -0.4 is 0 Å². The van der Waals surface area contributed by atoms with E-state index in [-0.39, 0.29) is 11.8 Å². The third-order valence-electron chi connectivity index (χ3n) is 2.95. The van der Waals surface area contributed by atoms with E-state index < -0.39 is 18.5 Å². The van der Waals surface area contributed by atoms with Crippen molar-refractivity contribution < 1.29 is 19.1 Å². The molecule has 0 aliphatic carbocycles. The van der Waals surface area contributed by atoms with Crippen LogP contribution >= 0.6 is 0 Å². The molecule has 6 heteroatoms. The van der Waals surface area contributed by atoms with Crippen LogP contribution in [0.1, 0.15) is 19.8 Å². The number of carbonyl (C=O) groups excluding carboxylic acids is 2. The summed E-state index contributed by atoms with van der Waals surface area (Å²) in [7, 11) is 6.51. The van der Waals surface area contributed by atoms with E-state index in [1.807, 2.05) is 6.08 Å². The lowest BCUT2D eigenvalue weighted by molar-refractivity contribution is -0.146. The molecule has 2 atom stereocenters. The van der Waals surface area contributed by atoms with E-state index in [4.69, 9.17) is 9.47 Å². The summed E-state index contributed by atoms with van der Waals surface area (Å²) < 4.78 is 11.1. The van der Waals surface area contributed by atoms with Gasteiger partial charge in [0.05, 0.1) is 0 Å². The highest BCUT2D eigenvalue weighted by molar-refractivity contribution is 5.91. The largest absolute Gasteiger partial charge is 0.346 e. The molecule has 1 saturated heterocycles. The normalized spacial score (nSPS) is 23.2. The standard InChI is InChI=1S/C14H24N2O4/c1-6-7-8-9-10-19-11(13(17)15(2)3)12(20-10)14(18)16(4)5/h8-12H,6-7H2,1-5H3/b9-8+/t11-,12-/m1/s1. The maximum absolute atomic E-state index is 12.1. The van der Waals surface area contributed by atoms with Crippen molar-refractivity contribution in [1.82, 2.24) is 9.80 Å². The van der Waals surface area contributed by atoms with Gasteiger partial charge in [0, 0.05) is 28.2 Å². The van der Waals surface area contributed by atoms with Crippen molar-refractivity contribution in [3.05, 3.63) is 12.2 Å². The van der Waals surface area contributed by atoms with Crippen LogP contribution in [0.3, 0.4) is 0 Å². The fraction of sp³-hybridized carbons (Fsp3) is 0.714. The summed E-state index contributed by atoms with van der Waals surface area (Å²) >= 11 is 0. The second-order valence-electron chi connectivity index (χ2n) is 5.16. The van der Waals surface area contributed by atoms with E-state index >= 15 is 0 Å². The van der Waals surface area contributed by atoms with Gasteiger partial charge in [-0.05, 0) is 12.5 Å². The zero-order valence-electron chi connectivity index (χ0n) is 12.8. The summed E-state index contributed by atoms with van der Waals surface area (Å²) in [6.07, 6.45) is 3.18. The van der Waals surface area contributed by atoms with Gasteiger partial charge < -0.3 is 19.3 Å². The molecule has 0 aromatic rings. The van der Waals surface area contributed by atoms with Crippen LogP contribution in [0.5, 0.6) is 0 Å². The van der Waals surface area contributed by atoms with Crippen LogP contribution in [0.25, 0.3) is 0 Å². The minimum atomic E-state index is -0.892. The van der Waals surface area contributed by atoms with Gasteiger partial charge in [0.1, 0.15) is 0 Å². The Balaban J connectivity index is 2.82. The predicted octanol–water partition coefficient (Wildman–Crippen LogP) is 0.629. The van der Waals surface area contributed by atoms with E-state index in [1.54, 1.807) is 34.3 Å². The number of unbranched alkanes of at least 4 members (excludes halogenated alkanes) is 1. The summed E-state index contributed by atoms with van der Waals surface area (Å²) in [5.41, 5.74) is 0. The molecular weight excluding hydrogens is 260 g/mol. The molecule has 0 unspecified atom stereocenters. The zero-order chi connectivity index (χ0) is 15.3. The Morgan fingerprint density at radius 2 is 1.45 bits per heavy atom. The third kappa shape index (κ3) is 4.05. The third-order valence-corrected chi connectivity index (χ3v) is 2.95. The lowest BCUT2D eigenvalue weighted by Gasteiger charge is -2.21. The smallest absolute Gasteiger partial charge is 0.254 e. The number of amides is 2. The molecule has 0 aromatic heterocycles. The Morgan fingerprint density at radius 3 is 1.80 bits per heavy atom. The van der Waals surface area contributed by atoms with E-state index in [0.29, 0.717) is 0 Å². The molecular formula is C14H24N2O4. The average Bonchev–Trinajstić information content (AvgIpc) is 2.80. The Kier molecular flexibility index (Phi) is 6.16. The van der Waals surface area contributed by atoms with Crippen molar-refractivity contribution in [1.29, 1.82) is 0 Å². The molecule has 1 heterocycles. The van der Waals surface area contributed by atoms with Gasteiger partial charge in [-0.25, -0.2) is 0 Å². The number of allylic oxidation sites excluding steroid dienone is 1. The minimum absolute atomic E-state index is 0.267. The molecule has 0 aromatic carbocycles. The molecule has 1 aliphatic heterocycles. The highest BCUT2D eigenvalue weighted by atomic mass is 16.7. The highest BCUT2D eigenvalue weighted by Gasteiger charge is 2.45. The average molecular weight is 284 g/mol. The van der Waals surface area contributed by atoms with Crippen molar-refractivity contribution in [2.45, 2.75) is 38.3 Å². The molecule has 0 spiro atoms. The molecule has 0 N–H and O–H groups in total. The van der Waals surface area contributed by atoms with Gasteiger partial charge >= 0.3 is 0 Å². The van der Waals surface area contributed by atoms with Crippen LogP contribution in [-0.2, 0) is 19.1 Å². The van der Waals surface area contributed by atoms with Crippen molar-refractivity contribution in [3.8, 4) is 0 Å². The Labute approximate surface area is 120 Å². The fourth-order valence-electron chi connectivity index (χ4n) is 1.81. The summed E-state index contributed by atoms with van der Waals surface area (Å²) in [5.74, 6) is -0.534. The number of hydrogen-bond donors (Lipinski definition) is 0.